The zero-order chi connectivity index (χ0) is 13.8. The van der Waals surface area contributed by atoms with E-state index in [2.05, 4.69) is 65.1 Å². The lowest BCUT2D eigenvalue weighted by Crippen LogP contribution is -2.41. The van der Waals surface area contributed by atoms with Crippen molar-refractivity contribution in [3.8, 4) is 0 Å². The van der Waals surface area contributed by atoms with Gasteiger partial charge in [0.15, 0.2) is 0 Å². The van der Waals surface area contributed by atoms with E-state index in [1.54, 1.807) is 0 Å². The summed E-state index contributed by atoms with van der Waals surface area (Å²) in [5.41, 5.74) is 2.58. The molecule has 0 saturated carbocycles. The molecule has 1 aliphatic rings. The molecule has 0 aliphatic carbocycles. The highest BCUT2D eigenvalue weighted by Gasteiger charge is 2.18. The highest BCUT2D eigenvalue weighted by molar-refractivity contribution is 9.10. The van der Waals surface area contributed by atoms with Crippen molar-refractivity contribution >= 4 is 21.6 Å². The Morgan fingerprint density at radius 2 is 2.32 bits per heavy atom. The van der Waals surface area contributed by atoms with Gasteiger partial charge in [0.1, 0.15) is 0 Å². The highest BCUT2D eigenvalue weighted by Crippen LogP contribution is 2.29. The molecule has 19 heavy (non-hydrogen) atoms. The van der Waals surface area contributed by atoms with Crippen LogP contribution < -0.4 is 10.2 Å². The average Bonchev–Trinajstić information content (AvgIpc) is 2.38. The molecule has 0 aromatic heterocycles. The number of anilines is 1. The van der Waals surface area contributed by atoms with Crippen molar-refractivity contribution in [1.82, 2.24) is 5.32 Å². The van der Waals surface area contributed by atoms with Crippen LogP contribution in [0, 0.1) is 0 Å². The van der Waals surface area contributed by atoms with Crippen LogP contribution >= 0.6 is 15.9 Å². The summed E-state index contributed by atoms with van der Waals surface area (Å²) < 4.78 is 6.77. The lowest BCUT2D eigenvalue weighted by atomic mass is 10.1. The summed E-state index contributed by atoms with van der Waals surface area (Å²) in [4.78, 5) is 2.39. The zero-order valence-corrected chi connectivity index (χ0v) is 13.5. The molecule has 0 amide bonds. The minimum atomic E-state index is 0.313. The smallest absolute Gasteiger partial charge is 0.0722 e. The summed E-state index contributed by atoms with van der Waals surface area (Å²) in [6.45, 7) is 10.2. The van der Waals surface area contributed by atoms with E-state index in [9.17, 15) is 0 Å². The van der Waals surface area contributed by atoms with Gasteiger partial charge in [0.05, 0.1) is 12.7 Å². The van der Waals surface area contributed by atoms with E-state index < -0.39 is 0 Å². The zero-order valence-electron chi connectivity index (χ0n) is 11.9. The maximum Gasteiger partial charge on any atom is 0.0722 e. The van der Waals surface area contributed by atoms with E-state index in [-0.39, 0.29) is 0 Å². The molecular formula is C15H23BrN2O. The largest absolute Gasteiger partial charge is 0.375 e. The van der Waals surface area contributed by atoms with Crippen LogP contribution in [0.4, 0.5) is 5.69 Å². The van der Waals surface area contributed by atoms with Gasteiger partial charge in [-0.1, -0.05) is 28.9 Å². The van der Waals surface area contributed by atoms with Crippen molar-refractivity contribution in [3.63, 3.8) is 0 Å². The first-order valence-electron chi connectivity index (χ1n) is 7.01. The van der Waals surface area contributed by atoms with Gasteiger partial charge in [0.25, 0.3) is 0 Å². The fourth-order valence-corrected chi connectivity index (χ4v) is 3.24. The van der Waals surface area contributed by atoms with E-state index >= 15 is 0 Å². The third-order valence-corrected chi connectivity index (χ3v) is 4.25. The van der Waals surface area contributed by atoms with Gasteiger partial charge in [-0.15, -0.1) is 0 Å². The van der Waals surface area contributed by atoms with Crippen LogP contribution in [0.3, 0.4) is 0 Å². The summed E-state index contributed by atoms with van der Waals surface area (Å²) >= 11 is 3.70. The van der Waals surface area contributed by atoms with Gasteiger partial charge in [-0.3, -0.25) is 0 Å². The molecule has 1 aromatic rings. The Bertz CT molecular complexity index is 425. The normalized spacial score (nSPS) is 21.5. The van der Waals surface area contributed by atoms with E-state index in [1.807, 2.05) is 0 Å². The van der Waals surface area contributed by atoms with E-state index in [4.69, 9.17) is 4.74 Å². The number of halogens is 1. The second-order valence-corrected chi connectivity index (χ2v) is 5.97. The van der Waals surface area contributed by atoms with Gasteiger partial charge in [0.2, 0.25) is 0 Å². The van der Waals surface area contributed by atoms with Crippen molar-refractivity contribution in [1.29, 1.82) is 0 Å². The quantitative estimate of drug-likeness (QED) is 0.918. The lowest BCUT2D eigenvalue weighted by Gasteiger charge is -2.33. The molecule has 0 radical (unpaired) electrons. The number of nitrogens with one attached hydrogen (secondary N) is 1. The number of benzene rings is 1. The van der Waals surface area contributed by atoms with Crippen molar-refractivity contribution in [2.75, 3.05) is 31.1 Å². The summed E-state index contributed by atoms with van der Waals surface area (Å²) in [5, 5.41) is 3.45. The predicted molar refractivity (Wildman–Crippen MR) is 83.9 cm³/mol. The van der Waals surface area contributed by atoms with Crippen molar-refractivity contribution in [3.05, 3.63) is 28.2 Å². The number of nitrogens with zero attached hydrogens (tertiary/aromatic N) is 1. The summed E-state index contributed by atoms with van der Waals surface area (Å²) in [7, 11) is 0. The van der Waals surface area contributed by atoms with Crippen LogP contribution in [0.25, 0.3) is 0 Å². The maximum atomic E-state index is 5.59. The van der Waals surface area contributed by atoms with Gasteiger partial charge < -0.3 is 15.0 Å². The molecule has 1 N–H and O–H groups in total. The minimum absolute atomic E-state index is 0.313. The summed E-state index contributed by atoms with van der Waals surface area (Å²) in [5.74, 6) is 0. The van der Waals surface area contributed by atoms with Crippen LogP contribution in [0.1, 0.15) is 32.4 Å². The molecule has 1 fully saturated rings. The van der Waals surface area contributed by atoms with E-state index in [0.717, 1.165) is 26.2 Å². The molecule has 4 heteroatoms. The van der Waals surface area contributed by atoms with Crippen molar-refractivity contribution in [2.24, 2.45) is 0 Å². The van der Waals surface area contributed by atoms with Crippen LogP contribution in [0.2, 0.25) is 0 Å². The van der Waals surface area contributed by atoms with Crippen LogP contribution in [-0.2, 0) is 4.74 Å². The molecule has 2 rings (SSSR count). The topological polar surface area (TPSA) is 24.5 Å². The fourth-order valence-electron chi connectivity index (χ4n) is 2.53. The van der Waals surface area contributed by atoms with Gasteiger partial charge in [-0.25, -0.2) is 0 Å². The molecule has 0 spiro atoms. The Kier molecular flexibility index (Phi) is 5.25. The molecule has 106 valence electrons. The van der Waals surface area contributed by atoms with Gasteiger partial charge in [-0.2, -0.15) is 0 Å². The Hall–Kier alpha value is -0.580. The second kappa shape index (κ2) is 6.73. The molecule has 1 saturated heterocycles. The Labute approximate surface area is 124 Å². The number of ether oxygens (including phenoxy) is 1. The Balaban J connectivity index is 2.14. The first-order chi connectivity index (χ1) is 9.11. The molecule has 1 heterocycles. The number of hydrogen-bond acceptors (Lipinski definition) is 3. The first-order valence-corrected chi connectivity index (χ1v) is 7.80. The predicted octanol–water partition coefficient (Wildman–Crippen LogP) is 3.34. The van der Waals surface area contributed by atoms with Crippen LogP contribution in [-0.4, -0.2) is 32.3 Å². The van der Waals surface area contributed by atoms with Crippen LogP contribution in [0.5, 0.6) is 0 Å². The SMILES string of the molecule is CCNC(C)c1ccc(N2CCOC(C)C2)cc1Br. The molecule has 0 bridgehead atoms. The molecule has 3 nitrogen and oxygen atoms in total. The molecule has 2 atom stereocenters. The highest BCUT2D eigenvalue weighted by atomic mass is 79.9. The number of hydrogen-bond donors (Lipinski definition) is 1. The molecule has 2 unspecified atom stereocenters. The van der Waals surface area contributed by atoms with E-state index in [1.165, 1.54) is 15.7 Å². The molecular weight excluding hydrogens is 304 g/mol. The van der Waals surface area contributed by atoms with Gasteiger partial charge in [-0.05, 0) is 38.1 Å². The standard InChI is InChI=1S/C15H23BrN2O/c1-4-17-12(3)14-6-5-13(9-15(14)16)18-7-8-19-11(2)10-18/h5-6,9,11-12,17H,4,7-8,10H2,1-3H3. The third kappa shape index (κ3) is 3.71. The van der Waals surface area contributed by atoms with Gasteiger partial charge in [0, 0.05) is 29.3 Å². The van der Waals surface area contributed by atoms with Crippen molar-refractivity contribution < 1.29 is 4.74 Å². The molecule has 1 aliphatic heterocycles. The first kappa shape index (κ1) is 14.8. The monoisotopic (exact) mass is 326 g/mol. The lowest BCUT2D eigenvalue weighted by molar-refractivity contribution is 0.0532. The Morgan fingerprint density at radius 3 is 2.95 bits per heavy atom. The third-order valence-electron chi connectivity index (χ3n) is 3.57. The number of rotatable bonds is 4. The maximum absolute atomic E-state index is 5.59. The second-order valence-electron chi connectivity index (χ2n) is 5.11. The summed E-state index contributed by atoms with van der Waals surface area (Å²) in [6.07, 6.45) is 0.313. The summed E-state index contributed by atoms with van der Waals surface area (Å²) in [6, 6.07) is 7.03. The molecule has 1 aromatic carbocycles. The Morgan fingerprint density at radius 1 is 1.53 bits per heavy atom. The number of morpholine rings is 1. The fraction of sp³-hybridized carbons (Fsp3) is 0.600. The van der Waals surface area contributed by atoms with Crippen LogP contribution in [0.15, 0.2) is 22.7 Å². The van der Waals surface area contributed by atoms with E-state index in [0.29, 0.717) is 12.1 Å². The minimum Gasteiger partial charge on any atom is -0.375 e. The van der Waals surface area contributed by atoms with Crippen molar-refractivity contribution in [2.45, 2.75) is 32.9 Å². The van der Waals surface area contributed by atoms with Gasteiger partial charge >= 0.3 is 0 Å². The average molecular weight is 327 g/mol.